The molecule has 2 aliphatic carbocycles. The van der Waals surface area contributed by atoms with Gasteiger partial charge in [0.1, 0.15) is 5.82 Å². The van der Waals surface area contributed by atoms with Gasteiger partial charge in [-0.1, -0.05) is 0 Å². The van der Waals surface area contributed by atoms with E-state index >= 15 is 0 Å². The summed E-state index contributed by atoms with van der Waals surface area (Å²) < 4.78 is 1.89. The predicted octanol–water partition coefficient (Wildman–Crippen LogP) is 1.74. The second-order valence-electron chi connectivity index (χ2n) is 7.77. The van der Waals surface area contributed by atoms with Gasteiger partial charge < -0.3 is 10.2 Å². The van der Waals surface area contributed by atoms with Crippen LogP contribution in [-0.2, 0) is 4.79 Å². The first kappa shape index (κ1) is 15.1. The van der Waals surface area contributed by atoms with Crippen LogP contribution in [0.2, 0.25) is 0 Å². The van der Waals surface area contributed by atoms with Gasteiger partial charge in [0, 0.05) is 25.6 Å². The van der Waals surface area contributed by atoms with E-state index in [-0.39, 0.29) is 11.8 Å². The fourth-order valence-corrected chi connectivity index (χ4v) is 3.67. The minimum absolute atomic E-state index is 0.0637. The summed E-state index contributed by atoms with van der Waals surface area (Å²) >= 11 is 0. The Bertz CT molecular complexity index is 794. The van der Waals surface area contributed by atoms with Crippen molar-refractivity contribution >= 4 is 17.4 Å². The molecule has 0 aromatic carbocycles. The lowest BCUT2D eigenvalue weighted by atomic mass is 9.97. The molecule has 3 fully saturated rings. The van der Waals surface area contributed by atoms with Crippen molar-refractivity contribution in [3.05, 3.63) is 18.0 Å². The maximum Gasteiger partial charge on any atom is 0.224 e. The van der Waals surface area contributed by atoms with E-state index in [0.717, 1.165) is 55.7 Å². The molecule has 2 saturated carbocycles. The van der Waals surface area contributed by atoms with Gasteiger partial charge in [0.15, 0.2) is 11.5 Å². The Hall–Kier alpha value is -2.18. The Morgan fingerprint density at radius 3 is 2.84 bits per heavy atom. The SMILES string of the molecule is O=C(NCC1CC1)[C@H]1CCCN(c2ccc3nnc(C4CC4)n3n2)C1. The zero-order chi connectivity index (χ0) is 16.8. The van der Waals surface area contributed by atoms with E-state index in [1.807, 2.05) is 16.6 Å². The molecular formula is C18H24N6O. The van der Waals surface area contributed by atoms with Crippen molar-refractivity contribution in [2.45, 2.75) is 44.4 Å². The number of carbonyl (C=O) groups is 1. The van der Waals surface area contributed by atoms with Crippen LogP contribution in [0.3, 0.4) is 0 Å². The number of nitrogens with one attached hydrogen (secondary N) is 1. The van der Waals surface area contributed by atoms with Crippen molar-refractivity contribution < 1.29 is 4.79 Å². The largest absolute Gasteiger partial charge is 0.356 e. The molecule has 1 amide bonds. The molecule has 3 heterocycles. The third-order valence-corrected chi connectivity index (χ3v) is 5.59. The molecular weight excluding hydrogens is 316 g/mol. The van der Waals surface area contributed by atoms with Crippen molar-refractivity contribution in [2.24, 2.45) is 11.8 Å². The van der Waals surface area contributed by atoms with Gasteiger partial charge in [0.25, 0.3) is 0 Å². The van der Waals surface area contributed by atoms with Gasteiger partial charge in [0.05, 0.1) is 5.92 Å². The van der Waals surface area contributed by atoms with E-state index in [1.54, 1.807) is 0 Å². The average molecular weight is 340 g/mol. The van der Waals surface area contributed by atoms with Crippen molar-refractivity contribution in [2.75, 3.05) is 24.5 Å². The number of fused-ring (bicyclic) bond motifs is 1. The highest BCUT2D eigenvalue weighted by molar-refractivity contribution is 5.79. The van der Waals surface area contributed by atoms with E-state index in [9.17, 15) is 4.79 Å². The van der Waals surface area contributed by atoms with Gasteiger partial charge in [-0.2, -0.15) is 4.52 Å². The number of anilines is 1. The molecule has 25 heavy (non-hydrogen) atoms. The molecule has 2 aromatic rings. The van der Waals surface area contributed by atoms with Crippen LogP contribution in [-0.4, -0.2) is 45.4 Å². The number of aromatic nitrogens is 4. The lowest BCUT2D eigenvalue weighted by Gasteiger charge is -2.32. The molecule has 5 rings (SSSR count). The monoisotopic (exact) mass is 340 g/mol. The van der Waals surface area contributed by atoms with E-state index < -0.39 is 0 Å². The summed E-state index contributed by atoms with van der Waals surface area (Å²) in [6.45, 7) is 2.55. The third kappa shape index (κ3) is 3.07. The Morgan fingerprint density at radius 2 is 2.04 bits per heavy atom. The molecule has 0 radical (unpaired) electrons. The Balaban J connectivity index is 1.32. The molecule has 1 aliphatic heterocycles. The van der Waals surface area contributed by atoms with E-state index in [4.69, 9.17) is 5.10 Å². The summed E-state index contributed by atoms with van der Waals surface area (Å²) in [5, 5.41) is 16.4. The van der Waals surface area contributed by atoms with Crippen molar-refractivity contribution in [3.63, 3.8) is 0 Å². The minimum atomic E-state index is 0.0637. The molecule has 1 atom stereocenters. The summed E-state index contributed by atoms with van der Waals surface area (Å²) in [6, 6.07) is 3.99. The molecule has 3 aliphatic rings. The highest BCUT2D eigenvalue weighted by atomic mass is 16.1. The third-order valence-electron chi connectivity index (χ3n) is 5.59. The molecule has 7 heteroatoms. The van der Waals surface area contributed by atoms with Gasteiger partial charge in [-0.3, -0.25) is 4.79 Å². The summed E-state index contributed by atoms with van der Waals surface area (Å²) in [5.41, 5.74) is 0.807. The van der Waals surface area contributed by atoms with Gasteiger partial charge in [-0.05, 0) is 56.6 Å². The highest BCUT2D eigenvalue weighted by Gasteiger charge is 2.31. The Kier molecular flexibility index (Phi) is 3.60. The van der Waals surface area contributed by atoms with E-state index in [1.165, 1.54) is 25.7 Å². The van der Waals surface area contributed by atoms with Gasteiger partial charge >= 0.3 is 0 Å². The zero-order valence-corrected chi connectivity index (χ0v) is 14.4. The van der Waals surface area contributed by atoms with Crippen molar-refractivity contribution in [3.8, 4) is 0 Å². The zero-order valence-electron chi connectivity index (χ0n) is 14.4. The van der Waals surface area contributed by atoms with Crippen LogP contribution in [0, 0.1) is 11.8 Å². The molecule has 0 unspecified atom stereocenters. The second kappa shape index (κ2) is 5.97. The normalized spacial score (nSPS) is 23.8. The fraction of sp³-hybridized carbons (Fsp3) is 0.667. The Labute approximate surface area is 146 Å². The van der Waals surface area contributed by atoms with Gasteiger partial charge in [0.2, 0.25) is 5.91 Å². The maximum atomic E-state index is 12.4. The summed E-state index contributed by atoms with van der Waals surface area (Å²) in [6.07, 6.45) is 6.89. The van der Waals surface area contributed by atoms with Crippen LogP contribution in [0.25, 0.3) is 5.65 Å². The first-order valence-electron chi connectivity index (χ1n) is 9.53. The number of amides is 1. The molecule has 132 valence electrons. The molecule has 1 N–H and O–H groups in total. The van der Waals surface area contributed by atoms with Crippen LogP contribution >= 0.6 is 0 Å². The predicted molar refractivity (Wildman–Crippen MR) is 93.4 cm³/mol. The molecule has 2 aromatic heterocycles. The quantitative estimate of drug-likeness (QED) is 0.897. The van der Waals surface area contributed by atoms with Crippen LogP contribution in [0.5, 0.6) is 0 Å². The number of nitrogens with zero attached hydrogens (tertiary/aromatic N) is 5. The smallest absolute Gasteiger partial charge is 0.224 e. The summed E-state index contributed by atoms with van der Waals surface area (Å²) in [5.74, 6) is 3.42. The topological polar surface area (TPSA) is 75.4 Å². The molecule has 0 bridgehead atoms. The van der Waals surface area contributed by atoms with Gasteiger partial charge in [-0.15, -0.1) is 15.3 Å². The number of hydrogen-bond donors (Lipinski definition) is 1. The van der Waals surface area contributed by atoms with E-state index in [2.05, 4.69) is 20.4 Å². The first-order chi connectivity index (χ1) is 12.3. The summed E-state index contributed by atoms with van der Waals surface area (Å²) in [4.78, 5) is 14.7. The maximum absolute atomic E-state index is 12.4. The first-order valence-corrected chi connectivity index (χ1v) is 9.53. The average Bonchev–Trinajstić information content (AvgIpc) is 3.58. The second-order valence-corrected chi connectivity index (χ2v) is 7.77. The molecule has 7 nitrogen and oxygen atoms in total. The standard InChI is InChI=1S/C18H24N6O/c25-18(19-10-12-3-4-12)14-2-1-9-23(11-14)16-8-7-15-20-21-17(13-5-6-13)24(15)22-16/h7-8,12-14H,1-6,9-11H2,(H,19,25)/t14-/m0/s1. The lowest BCUT2D eigenvalue weighted by Crippen LogP contribution is -2.44. The minimum Gasteiger partial charge on any atom is -0.356 e. The number of carbonyl (C=O) groups excluding carboxylic acids is 1. The van der Waals surface area contributed by atoms with Crippen LogP contribution in [0.15, 0.2) is 12.1 Å². The van der Waals surface area contributed by atoms with Crippen LogP contribution in [0.1, 0.15) is 50.3 Å². The number of piperidine rings is 1. The number of rotatable bonds is 5. The summed E-state index contributed by atoms with van der Waals surface area (Å²) in [7, 11) is 0. The Morgan fingerprint density at radius 1 is 1.16 bits per heavy atom. The van der Waals surface area contributed by atoms with Crippen molar-refractivity contribution in [1.29, 1.82) is 0 Å². The fourth-order valence-electron chi connectivity index (χ4n) is 3.67. The van der Waals surface area contributed by atoms with Crippen molar-refractivity contribution in [1.82, 2.24) is 25.1 Å². The number of hydrogen-bond acceptors (Lipinski definition) is 5. The molecule has 1 saturated heterocycles. The molecule has 0 spiro atoms. The van der Waals surface area contributed by atoms with Crippen LogP contribution in [0.4, 0.5) is 5.82 Å². The lowest BCUT2D eigenvalue weighted by molar-refractivity contribution is -0.125. The van der Waals surface area contributed by atoms with E-state index in [0.29, 0.717) is 5.92 Å². The van der Waals surface area contributed by atoms with Gasteiger partial charge in [-0.25, -0.2) is 0 Å². The highest BCUT2D eigenvalue weighted by Crippen LogP contribution is 2.38. The van der Waals surface area contributed by atoms with Crippen LogP contribution < -0.4 is 10.2 Å².